The summed E-state index contributed by atoms with van der Waals surface area (Å²) in [4.78, 5) is 38.1. The predicted octanol–water partition coefficient (Wildman–Crippen LogP) is 1.56. The van der Waals surface area contributed by atoms with Crippen LogP contribution >= 0.6 is 11.8 Å². The van der Waals surface area contributed by atoms with Gasteiger partial charge in [-0.2, -0.15) is 0 Å². The van der Waals surface area contributed by atoms with Crippen LogP contribution in [-0.4, -0.2) is 67.4 Å². The van der Waals surface area contributed by atoms with Crippen LogP contribution in [0.5, 0.6) is 0 Å². The number of likely N-dealkylation sites (N-methyl/N-ethyl adjacent to an activating group) is 1. The van der Waals surface area contributed by atoms with Crippen molar-refractivity contribution in [2.75, 3.05) is 24.3 Å². The molecule has 1 aromatic rings. The number of hydrogen-bond acceptors (Lipinski definition) is 7. The fourth-order valence-electron chi connectivity index (χ4n) is 2.76. The van der Waals surface area contributed by atoms with Crippen molar-refractivity contribution in [2.45, 2.75) is 37.3 Å². The molecular weight excluding hydrogens is 390 g/mol. The van der Waals surface area contributed by atoms with Crippen LogP contribution in [0.15, 0.2) is 29.2 Å². The van der Waals surface area contributed by atoms with Crippen molar-refractivity contribution >= 4 is 39.3 Å². The van der Waals surface area contributed by atoms with Crippen molar-refractivity contribution in [1.82, 2.24) is 4.90 Å². The summed E-state index contributed by atoms with van der Waals surface area (Å²) in [5.74, 6) is -0.892. The van der Waals surface area contributed by atoms with E-state index in [1.165, 1.54) is 37.6 Å². The summed E-state index contributed by atoms with van der Waals surface area (Å²) < 4.78 is 28.5. The van der Waals surface area contributed by atoms with Crippen LogP contribution in [0.2, 0.25) is 0 Å². The van der Waals surface area contributed by atoms with Crippen molar-refractivity contribution in [2.24, 2.45) is 0 Å². The SMILES string of the molecule is CC(=O)CSc1ccccc1C(=O)O[C@H](C)C(=O)N(C)[C@@H]1CCS(=O)(=O)C1. The maximum Gasteiger partial charge on any atom is 0.340 e. The normalized spacial score (nSPS) is 19.3. The molecule has 1 aliphatic heterocycles. The molecule has 2 atom stereocenters. The average molecular weight is 414 g/mol. The standard InChI is InChI=1S/C18H23NO6S2/c1-12(20)10-26-16-7-5-4-6-15(16)18(22)25-13(2)17(21)19(3)14-8-9-27(23,24)11-14/h4-7,13-14H,8-11H2,1-3H3/t13-,14-/m1/s1. The van der Waals surface area contributed by atoms with E-state index in [1.54, 1.807) is 24.3 Å². The minimum atomic E-state index is -3.12. The number of carbonyl (C=O) groups is 3. The molecule has 0 aromatic heterocycles. The van der Waals surface area contributed by atoms with Crippen LogP contribution in [0.1, 0.15) is 30.6 Å². The van der Waals surface area contributed by atoms with Crippen LogP contribution in [0.3, 0.4) is 0 Å². The Kier molecular flexibility index (Phi) is 7.05. The van der Waals surface area contributed by atoms with Crippen molar-refractivity contribution in [3.05, 3.63) is 29.8 Å². The van der Waals surface area contributed by atoms with Crippen LogP contribution in [0.25, 0.3) is 0 Å². The fraction of sp³-hybridized carbons (Fsp3) is 0.500. The van der Waals surface area contributed by atoms with Crippen molar-refractivity contribution in [3.8, 4) is 0 Å². The highest BCUT2D eigenvalue weighted by Crippen LogP contribution is 2.24. The van der Waals surface area contributed by atoms with Gasteiger partial charge in [-0.1, -0.05) is 12.1 Å². The number of nitrogens with zero attached hydrogens (tertiary/aromatic N) is 1. The molecule has 0 saturated carbocycles. The molecule has 1 fully saturated rings. The van der Waals surface area contributed by atoms with E-state index in [9.17, 15) is 22.8 Å². The summed E-state index contributed by atoms with van der Waals surface area (Å²) in [5.41, 5.74) is 0.287. The van der Waals surface area contributed by atoms with Gasteiger partial charge in [0, 0.05) is 18.0 Å². The lowest BCUT2D eigenvalue weighted by molar-refractivity contribution is -0.140. The Hall–Kier alpha value is -1.87. The lowest BCUT2D eigenvalue weighted by Crippen LogP contribution is -2.44. The van der Waals surface area contributed by atoms with Gasteiger partial charge in [-0.15, -0.1) is 11.8 Å². The molecule has 0 spiro atoms. The summed E-state index contributed by atoms with van der Waals surface area (Å²) in [6.45, 7) is 2.93. The van der Waals surface area contributed by atoms with E-state index in [0.29, 0.717) is 11.3 Å². The number of hydrogen-bond donors (Lipinski definition) is 0. The number of thioether (sulfide) groups is 1. The Morgan fingerprint density at radius 2 is 1.96 bits per heavy atom. The summed E-state index contributed by atoms with van der Waals surface area (Å²) in [6, 6.07) is 6.32. The van der Waals surface area contributed by atoms with E-state index >= 15 is 0 Å². The molecule has 148 valence electrons. The number of ketones is 1. The number of rotatable bonds is 7. The molecule has 0 aliphatic carbocycles. The van der Waals surface area contributed by atoms with E-state index in [-0.39, 0.29) is 28.6 Å². The molecule has 9 heteroatoms. The second-order valence-electron chi connectivity index (χ2n) is 6.54. The van der Waals surface area contributed by atoms with Gasteiger partial charge in [-0.3, -0.25) is 9.59 Å². The lowest BCUT2D eigenvalue weighted by atomic mass is 10.2. The monoisotopic (exact) mass is 413 g/mol. The molecule has 1 aliphatic rings. The molecule has 2 rings (SSSR count). The number of benzene rings is 1. The molecule has 0 bridgehead atoms. The van der Waals surface area contributed by atoms with Crippen molar-refractivity contribution < 1.29 is 27.5 Å². The third-order valence-electron chi connectivity index (χ3n) is 4.27. The number of amides is 1. The number of carbonyl (C=O) groups excluding carboxylic acids is 3. The molecule has 0 N–H and O–H groups in total. The number of sulfone groups is 1. The Balaban J connectivity index is 2.03. The second-order valence-corrected chi connectivity index (χ2v) is 9.79. The Bertz CT molecular complexity index is 836. The summed E-state index contributed by atoms with van der Waals surface area (Å²) in [5, 5.41) is 0. The van der Waals surface area contributed by atoms with Crippen molar-refractivity contribution in [3.63, 3.8) is 0 Å². The second kappa shape index (κ2) is 8.88. The van der Waals surface area contributed by atoms with Gasteiger partial charge in [0.2, 0.25) is 0 Å². The van der Waals surface area contributed by atoms with Gasteiger partial charge < -0.3 is 9.64 Å². The molecule has 7 nitrogen and oxygen atoms in total. The molecule has 1 saturated heterocycles. The van der Waals surface area contributed by atoms with Gasteiger partial charge in [0.05, 0.1) is 22.8 Å². The summed E-state index contributed by atoms with van der Waals surface area (Å²) in [6.07, 6.45) is -0.660. The summed E-state index contributed by atoms with van der Waals surface area (Å²) >= 11 is 1.23. The van der Waals surface area contributed by atoms with Crippen molar-refractivity contribution in [1.29, 1.82) is 0 Å². The quantitative estimate of drug-likeness (QED) is 0.494. The van der Waals surface area contributed by atoms with E-state index in [2.05, 4.69) is 0 Å². The lowest BCUT2D eigenvalue weighted by Gasteiger charge is -2.26. The Morgan fingerprint density at radius 3 is 2.56 bits per heavy atom. The van der Waals surface area contributed by atoms with E-state index in [4.69, 9.17) is 4.74 Å². The van der Waals surface area contributed by atoms with E-state index in [0.717, 1.165) is 0 Å². The molecule has 1 heterocycles. The van der Waals surface area contributed by atoms with Gasteiger partial charge in [-0.05, 0) is 32.4 Å². The molecular formula is C18H23NO6S2. The maximum absolute atomic E-state index is 12.5. The smallest absolute Gasteiger partial charge is 0.340 e. The highest BCUT2D eigenvalue weighted by molar-refractivity contribution is 8.00. The van der Waals surface area contributed by atoms with Gasteiger partial charge in [0.15, 0.2) is 15.9 Å². The Labute approximate surface area is 163 Å². The van der Waals surface area contributed by atoms with Crippen LogP contribution in [0, 0.1) is 0 Å². The number of esters is 1. The topological polar surface area (TPSA) is 97.8 Å². The first-order chi connectivity index (χ1) is 12.6. The predicted molar refractivity (Wildman–Crippen MR) is 103 cm³/mol. The van der Waals surface area contributed by atoms with Crippen LogP contribution in [-0.2, 0) is 24.2 Å². The zero-order valence-electron chi connectivity index (χ0n) is 15.5. The van der Waals surface area contributed by atoms with Gasteiger partial charge in [-0.25, -0.2) is 13.2 Å². The van der Waals surface area contributed by atoms with Gasteiger partial charge in [0.1, 0.15) is 5.78 Å². The number of ether oxygens (including phenoxy) is 1. The first kappa shape index (κ1) is 21.4. The van der Waals surface area contributed by atoms with Gasteiger partial charge in [0.25, 0.3) is 5.91 Å². The fourth-order valence-corrected chi connectivity index (χ4v) is 5.38. The molecule has 0 unspecified atom stereocenters. The molecule has 27 heavy (non-hydrogen) atoms. The molecule has 1 aromatic carbocycles. The van der Waals surface area contributed by atoms with E-state index < -0.39 is 33.9 Å². The molecule has 1 amide bonds. The number of Topliss-reactive ketones (excluding diaryl/α,β-unsaturated/α-hetero) is 1. The van der Waals surface area contributed by atoms with Crippen LogP contribution < -0.4 is 0 Å². The first-order valence-electron chi connectivity index (χ1n) is 8.50. The highest BCUT2D eigenvalue weighted by Gasteiger charge is 2.35. The van der Waals surface area contributed by atoms with E-state index in [1.807, 2.05) is 0 Å². The largest absolute Gasteiger partial charge is 0.449 e. The van der Waals surface area contributed by atoms with Gasteiger partial charge >= 0.3 is 5.97 Å². The first-order valence-corrected chi connectivity index (χ1v) is 11.3. The zero-order valence-corrected chi connectivity index (χ0v) is 17.1. The minimum absolute atomic E-state index is 0.0140. The highest BCUT2D eigenvalue weighted by atomic mass is 32.2. The Morgan fingerprint density at radius 1 is 1.30 bits per heavy atom. The average Bonchev–Trinajstić information content (AvgIpc) is 2.98. The third-order valence-corrected chi connectivity index (χ3v) is 7.24. The molecule has 0 radical (unpaired) electrons. The minimum Gasteiger partial charge on any atom is -0.449 e. The van der Waals surface area contributed by atoms with Crippen LogP contribution in [0.4, 0.5) is 0 Å². The maximum atomic E-state index is 12.5. The summed E-state index contributed by atoms with van der Waals surface area (Å²) in [7, 11) is -1.59. The zero-order chi connectivity index (χ0) is 20.2. The third kappa shape index (κ3) is 5.80.